The van der Waals surface area contributed by atoms with Crippen molar-refractivity contribution in [3.05, 3.63) is 76.0 Å². The number of nitrogens with zero attached hydrogens (tertiary/aromatic N) is 1. The van der Waals surface area contributed by atoms with E-state index in [0.29, 0.717) is 22.2 Å². The van der Waals surface area contributed by atoms with Crippen molar-refractivity contribution in [1.29, 1.82) is 0 Å². The molecule has 1 heterocycles. The number of carbonyl (C=O) groups is 1. The topological polar surface area (TPSA) is 84.1 Å². The number of hydrogen-bond acceptors (Lipinski definition) is 4. The van der Waals surface area contributed by atoms with Gasteiger partial charge in [0, 0.05) is 22.3 Å². The predicted molar refractivity (Wildman–Crippen MR) is 91.4 cm³/mol. The summed E-state index contributed by atoms with van der Waals surface area (Å²) in [6.07, 6.45) is -0.604. The standard InChI is InChI=1S/C17H12ClN3O3/c18-12-3-7-14(8-4-12)24-17(23)19-13-5-1-11(2-6-13)15-9-10-16(22)21-20-15/h1-10H,(H,19,23)(H,21,22). The fraction of sp³-hybridized carbons (Fsp3) is 0. The number of carbonyl (C=O) groups excluding carboxylic acids is 1. The second kappa shape index (κ2) is 6.97. The number of ether oxygens (including phenoxy) is 1. The van der Waals surface area contributed by atoms with Crippen molar-refractivity contribution in [2.45, 2.75) is 0 Å². The van der Waals surface area contributed by atoms with Crippen molar-refractivity contribution in [3.8, 4) is 17.0 Å². The lowest BCUT2D eigenvalue weighted by Crippen LogP contribution is -2.16. The zero-order valence-electron chi connectivity index (χ0n) is 12.3. The lowest BCUT2D eigenvalue weighted by atomic mass is 10.1. The van der Waals surface area contributed by atoms with Crippen LogP contribution in [-0.2, 0) is 0 Å². The van der Waals surface area contributed by atoms with Gasteiger partial charge in [0.2, 0.25) is 0 Å². The van der Waals surface area contributed by atoms with Gasteiger partial charge < -0.3 is 4.74 Å². The predicted octanol–water partition coefficient (Wildman–Crippen LogP) is 3.70. The Labute approximate surface area is 142 Å². The van der Waals surface area contributed by atoms with E-state index in [9.17, 15) is 9.59 Å². The van der Waals surface area contributed by atoms with Gasteiger partial charge in [-0.1, -0.05) is 23.7 Å². The summed E-state index contributed by atoms with van der Waals surface area (Å²) < 4.78 is 5.14. The summed E-state index contributed by atoms with van der Waals surface area (Å²) in [4.78, 5) is 22.9. The van der Waals surface area contributed by atoms with Crippen LogP contribution in [0.15, 0.2) is 65.5 Å². The van der Waals surface area contributed by atoms with Crippen LogP contribution in [0.25, 0.3) is 11.3 Å². The van der Waals surface area contributed by atoms with E-state index in [0.717, 1.165) is 5.56 Å². The van der Waals surface area contributed by atoms with Crippen LogP contribution in [0, 0.1) is 0 Å². The zero-order valence-corrected chi connectivity index (χ0v) is 13.1. The van der Waals surface area contributed by atoms with E-state index in [-0.39, 0.29) is 5.56 Å². The van der Waals surface area contributed by atoms with Crippen LogP contribution in [-0.4, -0.2) is 16.3 Å². The maximum absolute atomic E-state index is 11.8. The highest BCUT2D eigenvalue weighted by molar-refractivity contribution is 6.30. The number of nitrogens with one attached hydrogen (secondary N) is 2. The van der Waals surface area contributed by atoms with Gasteiger partial charge in [0.1, 0.15) is 5.75 Å². The Morgan fingerprint density at radius 3 is 2.33 bits per heavy atom. The molecular formula is C17H12ClN3O3. The van der Waals surface area contributed by atoms with Crippen LogP contribution in [0.4, 0.5) is 10.5 Å². The molecule has 120 valence electrons. The lowest BCUT2D eigenvalue weighted by Gasteiger charge is -2.07. The third-order valence-electron chi connectivity index (χ3n) is 3.13. The van der Waals surface area contributed by atoms with E-state index in [4.69, 9.17) is 16.3 Å². The monoisotopic (exact) mass is 341 g/mol. The number of aromatic nitrogens is 2. The van der Waals surface area contributed by atoms with Crippen molar-refractivity contribution in [2.24, 2.45) is 0 Å². The van der Waals surface area contributed by atoms with Crippen molar-refractivity contribution in [2.75, 3.05) is 5.32 Å². The zero-order chi connectivity index (χ0) is 16.9. The van der Waals surface area contributed by atoms with Gasteiger partial charge in [-0.3, -0.25) is 10.1 Å². The Bertz CT molecular complexity index is 885. The Morgan fingerprint density at radius 1 is 1.00 bits per heavy atom. The first-order chi connectivity index (χ1) is 11.6. The molecule has 0 saturated carbocycles. The molecule has 0 aliphatic rings. The van der Waals surface area contributed by atoms with Crippen LogP contribution in [0.1, 0.15) is 0 Å². The van der Waals surface area contributed by atoms with Crippen LogP contribution in [0.2, 0.25) is 5.02 Å². The molecule has 3 rings (SSSR count). The second-order valence-corrected chi connectivity index (χ2v) is 5.29. The molecule has 0 aliphatic carbocycles. The first-order valence-corrected chi connectivity index (χ1v) is 7.38. The average Bonchev–Trinajstić information content (AvgIpc) is 2.58. The van der Waals surface area contributed by atoms with Crippen LogP contribution in [0.3, 0.4) is 0 Å². The third-order valence-corrected chi connectivity index (χ3v) is 3.38. The Morgan fingerprint density at radius 2 is 1.71 bits per heavy atom. The van der Waals surface area contributed by atoms with Crippen molar-refractivity contribution in [3.63, 3.8) is 0 Å². The van der Waals surface area contributed by atoms with Gasteiger partial charge in [-0.15, -0.1) is 0 Å². The van der Waals surface area contributed by atoms with E-state index >= 15 is 0 Å². The summed E-state index contributed by atoms with van der Waals surface area (Å²) in [5, 5.41) is 9.50. The van der Waals surface area contributed by atoms with E-state index in [2.05, 4.69) is 15.5 Å². The van der Waals surface area contributed by atoms with Gasteiger partial charge in [0.25, 0.3) is 5.56 Å². The molecule has 24 heavy (non-hydrogen) atoms. The van der Waals surface area contributed by atoms with Gasteiger partial charge in [0.15, 0.2) is 0 Å². The minimum Gasteiger partial charge on any atom is -0.410 e. The van der Waals surface area contributed by atoms with Crippen LogP contribution < -0.4 is 15.6 Å². The Hall–Kier alpha value is -3.12. The maximum Gasteiger partial charge on any atom is 0.417 e. The molecule has 0 fully saturated rings. The number of amides is 1. The van der Waals surface area contributed by atoms with Gasteiger partial charge in [-0.25, -0.2) is 9.89 Å². The van der Waals surface area contributed by atoms with Crippen molar-refractivity contribution >= 4 is 23.4 Å². The highest BCUT2D eigenvalue weighted by atomic mass is 35.5. The quantitative estimate of drug-likeness (QED) is 0.760. The smallest absolute Gasteiger partial charge is 0.410 e. The SMILES string of the molecule is O=C(Nc1ccc(-c2ccc(=O)[nH]n2)cc1)Oc1ccc(Cl)cc1. The van der Waals surface area contributed by atoms with E-state index in [1.807, 2.05) is 0 Å². The molecule has 1 amide bonds. The van der Waals surface area contributed by atoms with E-state index in [1.54, 1.807) is 54.6 Å². The molecule has 0 unspecified atom stereocenters. The van der Waals surface area contributed by atoms with Gasteiger partial charge in [0.05, 0.1) is 5.69 Å². The second-order valence-electron chi connectivity index (χ2n) is 4.85. The normalized spacial score (nSPS) is 10.2. The molecule has 6 nitrogen and oxygen atoms in total. The number of benzene rings is 2. The fourth-order valence-corrected chi connectivity index (χ4v) is 2.11. The van der Waals surface area contributed by atoms with Gasteiger partial charge in [-0.2, -0.15) is 5.10 Å². The molecule has 0 radical (unpaired) electrons. The Kier molecular flexibility index (Phi) is 4.58. The molecule has 0 spiro atoms. The number of aromatic amines is 1. The third kappa shape index (κ3) is 3.99. The summed E-state index contributed by atoms with van der Waals surface area (Å²) >= 11 is 5.77. The first-order valence-electron chi connectivity index (χ1n) is 7.01. The number of hydrogen-bond donors (Lipinski definition) is 2. The van der Waals surface area contributed by atoms with Gasteiger partial charge >= 0.3 is 6.09 Å². The average molecular weight is 342 g/mol. The van der Waals surface area contributed by atoms with Crippen LogP contribution in [0.5, 0.6) is 5.75 Å². The minimum atomic E-state index is -0.604. The first kappa shape index (κ1) is 15.8. The molecule has 7 heteroatoms. The summed E-state index contributed by atoms with van der Waals surface area (Å²) in [6, 6.07) is 16.5. The summed E-state index contributed by atoms with van der Waals surface area (Å²) in [7, 11) is 0. The van der Waals surface area contributed by atoms with Crippen LogP contribution >= 0.6 is 11.6 Å². The number of halogens is 1. The molecule has 2 N–H and O–H groups in total. The fourth-order valence-electron chi connectivity index (χ4n) is 1.98. The van der Waals surface area contributed by atoms with Crippen molar-refractivity contribution < 1.29 is 9.53 Å². The number of rotatable bonds is 3. The Balaban J connectivity index is 1.65. The summed E-state index contributed by atoms with van der Waals surface area (Å²) in [5.41, 5.74) is 1.75. The molecule has 0 atom stereocenters. The molecule has 0 bridgehead atoms. The summed E-state index contributed by atoms with van der Waals surface area (Å²) in [5.74, 6) is 0.394. The molecule has 2 aromatic carbocycles. The molecule has 0 aliphatic heterocycles. The minimum absolute atomic E-state index is 0.262. The molecule has 0 saturated heterocycles. The lowest BCUT2D eigenvalue weighted by molar-refractivity contribution is 0.215. The molecule has 1 aromatic heterocycles. The summed E-state index contributed by atoms with van der Waals surface area (Å²) in [6.45, 7) is 0. The molecule has 3 aromatic rings. The van der Waals surface area contributed by atoms with Crippen molar-refractivity contribution in [1.82, 2.24) is 10.2 Å². The number of H-pyrrole nitrogens is 1. The van der Waals surface area contributed by atoms with E-state index < -0.39 is 6.09 Å². The highest BCUT2D eigenvalue weighted by Gasteiger charge is 2.06. The molecular weight excluding hydrogens is 330 g/mol. The number of anilines is 1. The maximum atomic E-state index is 11.8. The largest absolute Gasteiger partial charge is 0.417 e. The highest BCUT2D eigenvalue weighted by Crippen LogP contribution is 2.19. The van der Waals surface area contributed by atoms with E-state index in [1.165, 1.54) is 6.07 Å². The van der Waals surface area contributed by atoms with Gasteiger partial charge in [-0.05, 0) is 42.5 Å².